The number of pyridine rings is 1. The Kier molecular flexibility index (Phi) is 4.87. The predicted octanol–water partition coefficient (Wildman–Crippen LogP) is 1.98. The van der Waals surface area contributed by atoms with Crippen LogP contribution in [-0.4, -0.2) is 23.0 Å². The number of carbonyl (C=O) groups is 1. The minimum atomic E-state index is -0.216. The van der Waals surface area contributed by atoms with Crippen molar-refractivity contribution in [2.75, 3.05) is 11.9 Å². The number of hydrogen-bond donors (Lipinski definition) is 2. The molecule has 0 bridgehead atoms. The number of aryl methyl sites for hydroxylation is 1. The van der Waals surface area contributed by atoms with Gasteiger partial charge in [-0.15, -0.1) is 0 Å². The lowest BCUT2D eigenvalue weighted by atomic mass is 10.1. The summed E-state index contributed by atoms with van der Waals surface area (Å²) in [4.78, 5) is 15.9. The first-order valence-electron chi connectivity index (χ1n) is 6.24. The first-order chi connectivity index (χ1) is 8.80. The molecule has 0 atom stereocenters. The minimum Gasteiger partial charge on any atom is -0.370 e. The number of anilines is 1. The van der Waals surface area contributed by atoms with Gasteiger partial charge in [0.05, 0.1) is 11.6 Å². The summed E-state index contributed by atoms with van der Waals surface area (Å²) in [5.41, 5.74) is 1.13. The molecule has 0 radical (unpaired) electrons. The number of hydrogen-bond acceptors (Lipinski definition) is 4. The number of nitrogens with one attached hydrogen (secondary N) is 2. The van der Waals surface area contributed by atoms with Crippen LogP contribution in [-0.2, 0) is 4.79 Å². The second kappa shape index (κ2) is 6.19. The molecule has 0 aliphatic heterocycles. The first-order valence-corrected chi connectivity index (χ1v) is 6.24. The zero-order chi connectivity index (χ0) is 14.5. The van der Waals surface area contributed by atoms with E-state index < -0.39 is 0 Å². The van der Waals surface area contributed by atoms with Crippen LogP contribution in [0.4, 0.5) is 5.82 Å². The highest BCUT2D eigenvalue weighted by Gasteiger charge is 2.13. The van der Waals surface area contributed by atoms with E-state index in [1.54, 1.807) is 12.1 Å². The maximum absolute atomic E-state index is 11.6. The van der Waals surface area contributed by atoms with Crippen molar-refractivity contribution < 1.29 is 4.79 Å². The molecule has 0 fully saturated rings. The predicted molar refractivity (Wildman–Crippen MR) is 74.7 cm³/mol. The van der Waals surface area contributed by atoms with Gasteiger partial charge in [0.15, 0.2) is 0 Å². The van der Waals surface area contributed by atoms with Crippen molar-refractivity contribution in [3.63, 3.8) is 0 Å². The topological polar surface area (TPSA) is 77.8 Å². The summed E-state index contributed by atoms with van der Waals surface area (Å²) in [6, 6.07) is 5.47. The molecule has 0 aliphatic carbocycles. The molecule has 1 amide bonds. The van der Waals surface area contributed by atoms with Crippen LogP contribution < -0.4 is 10.6 Å². The Bertz CT molecular complexity index is 497. The molecule has 0 aliphatic rings. The Labute approximate surface area is 114 Å². The Morgan fingerprint density at radius 1 is 1.42 bits per heavy atom. The van der Waals surface area contributed by atoms with Crippen molar-refractivity contribution in [2.24, 2.45) is 0 Å². The van der Waals surface area contributed by atoms with Gasteiger partial charge in [0.25, 0.3) is 0 Å². The lowest BCUT2D eigenvalue weighted by Crippen LogP contribution is -2.41. The zero-order valence-corrected chi connectivity index (χ0v) is 11.9. The number of carbonyl (C=O) groups excluding carboxylic acids is 1. The summed E-state index contributed by atoms with van der Waals surface area (Å²) >= 11 is 0. The third kappa shape index (κ3) is 5.87. The average molecular weight is 260 g/mol. The van der Waals surface area contributed by atoms with Crippen molar-refractivity contribution in [3.8, 4) is 6.07 Å². The van der Waals surface area contributed by atoms with E-state index in [0.29, 0.717) is 24.3 Å². The number of aromatic nitrogens is 1. The fourth-order valence-corrected chi connectivity index (χ4v) is 1.61. The lowest BCUT2D eigenvalue weighted by Gasteiger charge is -2.20. The monoisotopic (exact) mass is 260 g/mol. The van der Waals surface area contributed by atoms with E-state index in [1.165, 1.54) is 0 Å². The van der Waals surface area contributed by atoms with Gasteiger partial charge in [0, 0.05) is 24.2 Å². The van der Waals surface area contributed by atoms with E-state index in [9.17, 15) is 4.79 Å². The van der Waals surface area contributed by atoms with Crippen LogP contribution in [0.15, 0.2) is 12.1 Å². The number of rotatable bonds is 4. The molecule has 1 rings (SSSR count). The molecule has 2 N–H and O–H groups in total. The fourth-order valence-electron chi connectivity index (χ4n) is 1.61. The fraction of sp³-hybridized carbons (Fsp3) is 0.500. The smallest absolute Gasteiger partial charge is 0.222 e. The average Bonchev–Trinajstić information content (AvgIpc) is 2.25. The molecule has 0 aromatic carbocycles. The minimum absolute atomic E-state index is 0.00633. The molecule has 102 valence electrons. The molecule has 0 unspecified atom stereocenters. The van der Waals surface area contributed by atoms with Gasteiger partial charge in [-0.25, -0.2) is 4.98 Å². The van der Waals surface area contributed by atoms with E-state index in [4.69, 9.17) is 5.26 Å². The molecule has 1 aromatic rings. The number of amides is 1. The molecule has 5 nitrogen and oxygen atoms in total. The third-order valence-corrected chi connectivity index (χ3v) is 2.26. The summed E-state index contributed by atoms with van der Waals surface area (Å²) in [6.45, 7) is 8.15. The molecular formula is C14H20N4O. The Balaban J connectivity index is 2.48. The van der Waals surface area contributed by atoms with E-state index in [2.05, 4.69) is 21.7 Å². The van der Waals surface area contributed by atoms with E-state index in [1.807, 2.05) is 27.7 Å². The third-order valence-electron chi connectivity index (χ3n) is 2.26. The number of nitrogens with zero attached hydrogens (tertiary/aromatic N) is 2. The van der Waals surface area contributed by atoms with Crippen molar-refractivity contribution >= 4 is 11.7 Å². The Hall–Kier alpha value is -2.09. The normalized spacial score (nSPS) is 10.7. The van der Waals surface area contributed by atoms with Crippen LogP contribution in [0.3, 0.4) is 0 Å². The maximum Gasteiger partial charge on any atom is 0.222 e. The van der Waals surface area contributed by atoms with Gasteiger partial charge in [-0.2, -0.15) is 5.26 Å². The molecule has 0 saturated carbocycles. The van der Waals surface area contributed by atoms with Gasteiger partial charge in [-0.1, -0.05) is 0 Å². The van der Waals surface area contributed by atoms with E-state index in [-0.39, 0.29) is 11.4 Å². The van der Waals surface area contributed by atoms with Gasteiger partial charge >= 0.3 is 0 Å². The van der Waals surface area contributed by atoms with E-state index in [0.717, 1.165) is 5.69 Å². The molecule has 1 heterocycles. The van der Waals surface area contributed by atoms with Crippen LogP contribution in [0.2, 0.25) is 0 Å². The summed E-state index contributed by atoms with van der Waals surface area (Å²) in [5, 5.41) is 14.8. The highest BCUT2D eigenvalue weighted by Crippen LogP contribution is 2.09. The summed E-state index contributed by atoms with van der Waals surface area (Å²) < 4.78 is 0. The molecule has 5 heteroatoms. The zero-order valence-electron chi connectivity index (χ0n) is 11.9. The van der Waals surface area contributed by atoms with Crippen LogP contribution in [0.25, 0.3) is 0 Å². The number of nitriles is 1. The second-order valence-corrected chi connectivity index (χ2v) is 5.47. The van der Waals surface area contributed by atoms with Gasteiger partial charge in [-0.3, -0.25) is 4.79 Å². The van der Waals surface area contributed by atoms with Gasteiger partial charge in [-0.05, 0) is 39.8 Å². The molecule has 0 saturated heterocycles. The Morgan fingerprint density at radius 2 is 2.11 bits per heavy atom. The quantitative estimate of drug-likeness (QED) is 0.867. The standard InChI is InChI=1S/C14H20N4O/c1-10-7-11(9-15)8-12(17-10)16-6-5-13(19)18-14(2,3)4/h7-8H,5-6H2,1-4H3,(H,16,17)(H,18,19). The highest BCUT2D eigenvalue weighted by atomic mass is 16.1. The molecule has 19 heavy (non-hydrogen) atoms. The summed E-state index contributed by atoms with van der Waals surface area (Å²) in [6.07, 6.45) is 0.370. The molecule has 0 spiro atoms. The van der Waals surface area contributed by atoms with Crippen LogP contribution >= 0.6 is 0 Å². The van der Waals surface area contributed by atoms with Gasteiger partial charge in [0.1, 0.15) is 5.82 Å². The SMILES string of the molecule is Cc1cc(C#N)cc(NCCC(=O)NC(C)(C)C)n1. The highest BCUT2D eigenvalue weighted by molar-refractivity contribution is 5.77. The second-order valence-electron chi connectivity index (χ2n) is 5.47. The first kappa shape index (κ1) is 15.0. The van der Waals surface area contributed by atoms with Crippen LogP contribution in [0.1, 0.15) is 38.4 Å². The van der Waals surface area contributed by atoms with Crippen molar-refractivity contribution in [1.82, 2.24) is 10.3 Å². The van der Waals surface area contributed by atoms with Crippen molar-refractivity contribution in [1.29, 1.82) is 5.26 Å². The largest absolute Gasteiger partial charge is 0.370 e. The Morgan fingerprint density at radius 3 is 2.68 bits per heavy atom. The molecular weight excluding hydrogens is 240 g/mol. The summed E-state index contributed by atoms with van der Waals surface area (Å²) in [5.74, 6) is 0.619. The van der Waals surface area contributed by atoms with Crippen LogP contribution in [0.5, 0.6) is 0 Å². The van der Waals surface area contributed by atoms with Gasteiger partial charge < -0.3 is 10.6 Å². The van der Waals surface area contributed by atoms with Crippen LogP contribution in [0, 0.1) is 18.3 Å². The maximum atomic E-state index is 11.6. The van der Waals surface area contributed by atoms with Crippen molar-refractivity contribution in [2.45, 2.75) is 39.7 Å². The molecule has 1 aromatic heterocycles. The van der Waals surface area contributed by atoms with Crippen molar-refractivity contribution in [3.05, 3.63) is 23.4 Å². The summed E-state index contributed by atoms with van der Waals surface area (Å²) in [7, 11) is 0. The van der Waals surface area contributed by atoms with Gasteiger partial charge in [0.2, 0.25) is 5.91 Å². The van der Waals surface area contributed by atoms with E-state index >= 15 is 0 Å². The lowest BCUT2D eigenvalue weighted by molar-refractivity contribution is -0.122.